The predicted octanol–water partition coefficient (Wildman–Crippen LogP) is 3.70. The number of hydrogen-bond donors (Lipinski definition) is 1. The van der Waals surface area contributed by atoms with Crippen LogP contribution in [0.2, 0.25) is 5.02 Å². The third-order valence-corrected chi connectivity index (χ3v) is 4.66. The van der Waals surface area contributed by atoms with Crippen LogP contribution in [0, 0.1) is 0 Å². The zero-order valence-electron chi connectivity index (χ0n) is 10.2. The summed E-state index contributed by atoms with van der Waals surface area (Å²) in [6.45, 7) is 1.06. The molecule has 0 radical (unpaired) electrons. The topological polar surface area (TPSA) is 12.0 Å². The zero-order chi connectivity index (χ0) is 12.4. The van der Waals surface area contributed by atoms with Gasteiger partial charge >= 0.3 is 0 Å². The third-order valence-electron chi connectivity index (χ3n) is 3.49. The molecular weight excluding hydrogens is 262 g/mol. The Hall–Kier alpha value is -0.830. The number of nitrogens with one attached hydrogen (secondary N) is 1. The Labute approximate surface area is 117 Å². The second-order valence-electron chi connectivity index (χ2n) is 4.80. The molecule has 2 aromatic rings. The van der Waals surface area contributed by atoms with Crippen LogP contribution in [-0.2, 0) is 19.3 Å². The summed E-state index contributed by atoms with van der Waals surface area (Å²) in [5, 5.41) is 6.65. The fraction of sp³-hybridized carbons (Fsp3) is 0.333. The highest BCUT2D eigenvalue weighted by molar-refractivity contribution is 7.09. The highest BCUT2D eigenvalue weighted by Crippen LogP contribution is 2.25. The maximum atomic E-state index is 6.02. The molecule has 18 heavy (non-hydrogen) atoms. The van der Waals surface area contributed by atoms with Crippen LogP contribution in [-0.4, -0.2) is 12.6 Å². The van der Waals surface area contributed by atoms with E-state index in [1.807, 2.05) is 17.4 Å². The van der Waals surface area contributed by atoms with Gasteiger partial charge in [-0.25, -0.2) is 0 Å². The highest BCUT2D eigenvalue weighted by atomic mass is 35.5. The van der Waals surface area contributed by atoms with E-state index in [2.05, 4.69) is 35.0 Å². The minimum atomic E-state index is 0.582. The molecule has 0 fully saturated rings. The molecule has 3 rings (SSSR count). The van der Waals surface area contributed by atoms with Gasteiger partial charge in [-0.1, -0.05) is 23.7 Å². The maximum Gasteiger partial charge on any atom is 0.0408 e. The second kappa shape index (κ2) is 5.43. The SMILES string of the molecule is Clc1ccc2c(c1)CC(NCCc1cccs1)C2. The molecule has 1 aromatic carbocycles. The Kier molecular flexibility index (Phi) is 3.69. The van der Waals surface area contributed by atoms with Gasteiger partial charge in [0, 0.05) is 22.5 Å². The molecule has 0 amide bonds. The van der Waals surface area contributed by atoms with Gasteiger partial charge in [-0.3, -0.25) is 0 Å². The van der Waals surface area contributed by atoms with Gasteiger partial charge in [-0.15, -0.1) is 11.3 Å². The van der Waals surface area contributed by atoms with Crippen LogP contribution in [0.3, 0.4) is 0 Å². The lowest BCUT2D eigenvalue weighted by molar-refractivity contribution is 0.537. The molecule has 0 saturated carbocycles. The Balaban J connectivity index is 1.52. The summed E-state index contributed by atoms with van der Waals surface area (Å²) in [7, 11) is 0. The molecule has 1 unspecified atom stereocenters. The molecule has 94 valence electrons. The van der Waals surface area contributed by atoms with Crippen LogP contribution in [0.1, 0.15) is 16.0 Å². The first-order valence-corrected chi connectivity index (χ1v) is 7.60. The van der Waals surface area contributed by atoms with Crippen LogP contribution in [0.4, 0.5) is 0 Å². The van der Waals surface area contributed by atoms with E-state index in [9.17, 15) is 0 Å². The van der Waals surface area contributed by atoms with Gasteiger partial charge in [-0.2, -0.15) is 0 Å². The number of thiophene rings is 1. The van der Waals surface area contributed by atoms with E-state index in [1.165, 1.54) is 16.0 Å². The van der Waals surface area contributed by atoms with Crippen LogP contribution >= 0.6 is 22.9 Å². The Bertz CT molecular complexity index is 521. The lowest BCUT2D eigenvalue weighted by Gasteiger charge is -2.10. The number of benzene rings is 1. The fourth-order valence-electron chi connectivity index (χ4n) is 2.59. The lowest BCUT2D eigenvalue weighted by Crippen LogP contribution is -2.31. The van der Waals surface area contributed by atoms with Crippen molar-refractivity contribution in [3.05, 3.63) is 56.7 Å². The maximum absolute atomic E-state index is 6.02. The number of hydrogen-bond acceptors (Lipinski definition) is 2. The van der Waals surface area contributed by atoms with E-state index >= 15 is 0 Å². The van der Waals surface area contributed by atoms with Crippen LogP contribution in [0.15, 0.2) is 35.7 Å². The minimum Gasteiger partial charge on any atom is -0.313 e. The van der Waals surface area contributed by atoms with E-state index in [-0.39, 0.29) is 0 Å². The molecule has 1 aliphatic carbocycles. The molecule has 1 atom stereocenters. The van der Waals surface area contributed by atoms with Gasteiger partial charge in [0.15, 0.2) is 0 Å². The fourth-order valence-corrected chi connectivity index (χ4v) is 3.49. The van der Waals surface area contributed by atoms with Crippen LogP contribution in [0.5, 0.6) is 0 Å². The van der Waals surface area contributed by atoms with Crippen molar-refractivity contribution in [1.82, 2.24) is 5.32 Å². The second-order valence-corrected chi connectivity index (χ2v) is 6.27. The summed E-state index contributed by atoms with van der Waals surface area (Å²) in [5.41, 5.74) is 2.86. The molecule has 1 nitrogen and oxygen atoms in total. The van der Waals surface area contributed by atoms with E-state index in [0.717, 1.165) is 30.8 Å². The summed E-state index contributed by atoms with van der Waals surface area (Å²) in [4.78, 5) is 1.46. The van der Waals surface area contributed by atoms with Crippen molar-refractivity contribution in [3.63, 3.8) is 0 Å². The standard InChI is InChI=1S/C15H16ClNS/c16-13-4-3-11-9-14(10-12(11)8-13)17-6-5-15-2-1-7-18-15/h1-4,7-8,14,17H,5-6,9-10H2. The van der Waals surface area contributed by atoms with Crippen LogP contribution < -0.4 is 5.32 Å². The molecule has 1 heterocycles. The number of rotatable bonds is 4. The first-order chi connectivity index (χ1) is 8.81. The quantitative estimate of drug-likeness (QED) is 0.899. The monoisotopic (exact) mass is 277 g/mol. The van der Waals surface area contributed by atoms with Crippen molar-refractivity contribution in [2.45, 2.75) is 25.3 Å². The Morgan fingerprint density at radius 1 is 1.22 bits per heavy atom. The van der Waals surface area contributed by atoms with E-state index < -0.39 is 0 Å². The van der Waals surface area contributed by atoms with Gasteiger partial charge in [0.25, 0.3) is 0 Å². The first kappa shape index (κ1) is 12.2. The van der Waals surface area contributed by atoms with E-state index in [4.69, 9.17) is 11.6 Å². The van der Waals surface area contributed by atoms with Crippen molar-refractivity contribution in [3.8, 4) is 0 Å². The molecule has 3 heteroatoms. The number of fused-ring (bicyclic) bond motifs is 1. The minimum absolute atomic E-state index is 0.582. The van der Waals surface area contributed by atoms with Gasteiger partial charge in [-0.05, 0) is 54.0 Å². The van der Waals surface area contributed by atoms with Crippen LogP contribution in [0.25, 0.3) is 0 Å². The smallest absolute Gasteiger partial charge is 0.0408 e. The molecule has 0 saturated heterocycles. The van der Waals surface area contributed by atoms with Crippen molar-refractivity contribution < 1.29 is 0 Å². The molecule has 1 aromatic heterocycles. The van der Waals surface area contributed by atoms with E-state index in [0.29, 0.717) is 6.04 Å². The Morgan fingerprint density at radius 3 is 2.94 bits per heavy atom. The highest BCUT2D eigenvalue weighted by Gasteiger charge is 2.20. The van der Waals surface area contributed by atoms with E-state index in [1.54, 1.807) is 0 Å². The molecular formula is C15H16ClNS. The summed E-state index contributed by atoms with van der Waals surface area (Å²) in [5.74, 6) is 0. The van der Waals surface area contributed by atoms with Gasteiger partial charge in [0.1, 0.15) is 0 Å². The third kappa shape index (κ3) is 2.77. The summed E-state index contributed by atoms with van der Waals surface area (Å²) >= 11 is 7.86. The van der Waals surface area contributed by atoms with Gasteiger partial charge < -0.3 is 5.32 Å². The molecule has 1 aliphatic rings. The Morgan fingerprint density at radius 2 is 2.11 bits per heavy atom. The average molecular weight is 278 g/mol. The van der Waals surface area contributed by atoms with Gasteiger partial charge in [0.05, 0.1) is 0 Å². The summed E-state index contributed by atoms with van der Waals surface area (Å²) in [6.07, 6.45) is 3.38. The molecule has 0 bridgehead atoms. The van der Waals surface area contributed by atoms with Crippen molar-refractivity contribution in [2.24, 2.45) is 0 Å². The first-order valence-electron chi connectivity index (χ1n) is 6.34. The average Bonchev–Trinajstić information content (AvgIpc) is 2.97. The molecule has 0 spiro atoms. The summed E-state index contributed by atoms with van der Waals surface area (Å²) < 4.78 is 0. The molecule has 0 aliphatic heterocycles. The van der Waals surface area contributed by atoms with Crippen molar-refractivity contribution in [2.75, 3.05) is 6.54 Å². The summed E-state index contributed by atoms with van der Waals surface area (Å²) in [6, 6.07) is 11.2. The van der Waals surface area contributed by atoms with Crippen molar-refractivity contribution >= 4 is 22.9 Å². The predicted molar refractivity (Wildman–Crippen MR) is 78.7 cm³/mol. The zero-order valence-corrected chi connectivity index (χ0v) is 11.7. The largest absolute Gasteiger partial charge is 0.313 e. The van der Waals surface area contributed by atoms with Crippen molar-refractivity contribution in [1.29, 1.82) is 0 Å². The lowest BCUT2D eigenvalue weighted by atomic mass is 10.1. The number of halogens is 1. The van der Waals surface area contributed by atoms with Gasteiger partial charge in [0.2, 0.25) is 0 Å². The molecule has 1 N–H and O–H groups in total. The normalized spacial score (nSPS) is 17.9.